The Labute approximate surface area is 149 Å². The molecule has 7 heteroatoms. The molecule has 3 aromatic rings. The van der Waals surface area contributed by atoms with Crippen LogP contribution < -0.4 is 10.2 Å². The highest BCUT2D eigenvalue weighted by atomic mass is 16.5. The molecule has 0 bridgehead atoms. The van der Waals surface area contributed by atoms with Gasteiger partial charge in [-0.25, -0.2) is 10.2 Å². The van der Waals surface area contributed by atoms with E-state index in [4.69, 9.17) is 9.15 Å². The van der Waals surface area contributed by atoms with Crippen LogP contribution in [0.3, 0.4) is 0 Å². The average Bonchev–Trinajstić information content (AvgIpc) is 3.12. The van der Waals surface area contributed by atoms with Crippen LogP contribution in [-0.2, 0) is 4.74 Å². The summed E-state index contributed by atoms with van der Waals surface area (Å²) in [5.74, 6) is -0.216. The standard InChI is InChI=1S/C19H16N2O5/c1-24-15-5-3-4-14-10-16(26-17(14)15)18(22)21-20-11-12-6-8-13(9-7-12)19(23)25-2/h3-11H,1-2H3,(H,21,22)/b20-11-. The summed E-state index contributed by atoms with van der Waals surface area (Å²) in [5, 5.41) is 4.65. The van der Waals surface area contributed by atoms with E-state index in [0.29, 0.717) is 22.5 Å². The van der Waals surface area contributed by atoms with Gasteiger partial charge in [0.25, 0.3) is 0 Å². The van der Waals surface area contributed by atoms with Gasteiger partial charge in [-0.15, -0.1) is 0 Å². The minimum atomic E-state index is -0.481. The summed E-state index contributed by atoms with van der Waals surface area (Å²) >= 11 is 0. The Morgan fingerprint density at radius 3 is 2.58 bits per heavy atom. The van der Waals surface area contributed by atoms with Crippen molar-refractivity contribution in [1.29, 1.82) is 0 Å². The molecule has 0 atom stereocenters. The molecule has 2 aromatic carbocycles. The van der Waals surface area contributed by atoms with Crippen molar-refractivity contribution in [3.63, 3.8) is 0 Å². The second-order valence-electron chi connectivity index (χ2n) is 5.30. The largest absolute Gasteiger partial charge is 0.493 e. The molecule has 26 heavy (non-hydrogen) atoms. The maximum atomic E-state index is 12.2. The number of amides is 1. The third-order valence-electron chi connectivity index (χ3n) is 3.66. The molecule has 0 aliphatic carbocycles. The maximum Gasteiger partial charge on any atom is 0.337 e. The van der Waals surface area contributed by atoms with E-state index in [9.17, 15) is 9.59 Å². The Morgan fingerprint density at radius 1 is 1.12 bits per heavy atom. The molecular formula is C19H16N2O5. The van der Waals surface area contributed by atoms with E-state index in [2.05, 4.69) is 15.3 Å². The highest BCUT2D eigenvalue weighted by molar-refractivity contribution is 5.97. The zero-order valence-corrected chi connectivity index (χ0v) is 14.2. The number of benzene rings is 2. The predicted molar refractivity (Wildman–Crippen MR) is 95.6 cm³/mol. The van der Waals surface area contributed by atoms with E-state index in [-0.39, 0.29) is 5.76 Å². The SMILES string of the molecule is COC(=O)c1ccc(/C=N\NC(=O)c2cc3cccc(OC)c3o2)cc1. The van der Waals surface area contributed by atoms with Crippen LogP contribution in [0.2, 0.25) is 0 Å². The van der Waals surface area contributed by atoms with Crippen molar-refractivity contribution in [2.24, 2.45) is 5.10 Å². The van der Waals surface area contributed by atoms with Gasteiger partial charge < -0.3 is 13.9 Å². The van der Waals surface area contributed by atoms with Crippen LogP contribution in [0.5, 0.6) is 5.75 Å². The van der Waals surface area contributed by atoms with Gasteiger partial charge in [0.15, 0.2) is 17.1 Å². The fraction of sp³-hybridized carbons (Fsp3) is 0.105. The number of hydrogen-bond donors (Lipinski definition) is 1. The Balaban J connectivity index is 1.68. The van der Waals surface area contributed by atoms with Gasteiger partial charge in [0.05, 0.1) is 26.0 Å². The summed E-state index contributed by atoms with van der Waals surface area (Å²) in [6.45, 7) is 0. The van der Waals surface area contributed by atoms with Crippen molar-refractivity contribution in [2.45, 2.75) is 0 Å². The fourth-order valence-electron chi connectivity index (χ4n) is 2.35. The number of hydrazone groups is 1. The third-order valence-corrected chi connectivity index (χ3v) is 3.66. The molecule has 0 aliphatic heterocycles. The van der Waals surface area contributed by atoms with Gasteiger partial charge >= 0.3 is 11.9 Å². The average molecular weight is 352 g/mol. The molecule has 7 nitrogen and oxygen atoms in total. The van der Waals surface area contributed by atoms with E-state index < -0.39 is 11.9 Å². The summed E-state index contributed by atoms with van der Waals surface area (Å²) in [7, 11) is 2.85. The number of carbonyl (C=O) groups is 2. The first kappa shape index (κ1) is 17.2. The van der Waals surface area contributed by atoms with Crippen LogP contribution >= 0.6 is 0 Å². The van der Waals surface area contributed by atoms with Crippen molar-refractivity contribution in [3.8, 4) is 5.75 Å². The highest BCUT2D eigenvalue weighted by Gasteiger charge is 2.14. The number of fused-ring (bicyclic) bond motifs is 1. The first-order valence-electron chi connectivity index (χ1n) is 7.70. The number of para-hydroxylation sites is 1. The van der Waals surface area contributed by atoms with Gasteiger partial charge in [0.2, 0.25) is 0 Å². The fourth-order valence-corrected chi connectivity index (χ4v) is 2.35. The molecule has 1 heterocycles. The molecule has 1 amide bonds. The van der Waals surface area contributed by atoms with E-state index in [1.807, 2.05) is 12.1 Å². The number of carbonyl (C=O) groups excluding carboxylic acids is 2. The lowest BCUT2D eigenvalue weighted by Gasteiger charge is -1.99. The number of methoxy groups -OCH3 is 2. The Kier molecular flexibility index (Phi) is 4.98. The normalized spacial score (nSPS) is 10.8. The van der Waals surface area contributed by atoms with Crippen LogP contribution in [0, 0.1) is 0 Å². The molecule has 0 saturated heterocycles. The molecule has 132 valence electrons. The summed E-state index contributed by atoms with van der Waals surface area (Å²) < 4.78 is 15.4. The molecule has 1 N–H and O–H groups in total. The minimum Gasteiger partial charge on any atom is -0.493 e. The van der Waals surface area contributed by atoms with Crippen molar-refractivity contribution < 1.29 is 23.5 Å². The maximum absolute atomic E-state index is 12.2. The predicted octanol–water partition coefficient (Wildman–Crippen LogP) is 2.99. The molecule has 0 aliphatic rings. The van der Waals surface area contributed by atoms with Gasteiger partial charge in [-0.05, 0) is 29.8 Å². The van der Waals surface area contributed by atoms with E-state index in [0.717, 1.165) is 5.39 Å². The second-order valence-corrected chi connectivity index (χ2v) is 5.30. The first-order chi connectivity index (χ1) is 12.6. The van der Waals surface area contributed by atoms with E-state index in [1.54, 1.807) is 36.4 Å². The van der Waals surface area contributed by atoms with Gasteiger partial charge in [0, 0.05) is 5.39 Å². The molecule has 3 rings (SSSR count). The van der Waals surface area contributed by atoms with E-state index >= 15 is 0 Å². The summed E-state index contributed by atoms with van der Waals surface area (Å²) in [4.78, 5) is 23.5. The Morgan fingerprint density at radius 2 is 1.88 bits per heavy atom. The Bertz CT molecular complexity index is 973. The van der Waals surface area contributed by atoms with E-state index in [1.165, 1.54) is 20.4 Å². The summed E-state index contributed by atoms with van der Waals surface area (Å²) in [5.41, 5.74) is 4.05. The van der Waals surface area contributed by atoms with Crippen molar-refractivity contribution >= 4 is 29.1 Å². The summed E-state index contributed by atoms with van der Waals surface area (Å²) in [6.07, 6.45) is 1.46. The van der Waals surface area contributed by atoms with Gasteiger partial charge in [-0.1, -0.05) is 24.3 Å². The molecule has 1 aromatic heterocycles. The minimum absolute atomic E-state index is 0.127. The van der Waals surface area contributed by atoms with Crippen molar-refractivity contribution in [3.05, 3.63) is 65.4 Å². The molecule has 0 spiro atoms. The zero-order chi connectivity index (χ0) is 18.5. The number of nitrogens with zero attached hydrogens (tertiary/aromatic N) is 1. The van der Waals surface area contributed by atoms with Crippen LogP contribution in [0.15, 0.2) is 58.0 Å². The van der Waals surface area contributed by atoms with Gasteiger partial charge in [0.1, 0.15) is 0 Å². The number of esters is 1. The van der Waals surface area contributed by atoms with Crippen LogP contribution in [-0.4, -0.2) is 32.3 Å². The van der Waals surface area contributed by atoms with Gasteiger partial charge in [-0.2, -0.15) is 5.10 Å². The molecule has 0 unspecified atom stereocenters. The number of rotatable bonds is 5. The molecule has 0 saturated carbocycles. The quantitative estimate of drug-likeness (QED) is 0.433. The number of ether oxygens (including phenoxy) is 2. The molecular weight excluding hydrogens is 336 g/mol. The lowest BCUT2D eigenvalue weighted by molar-refractivity contribution is 0.0600. The van der Waals surface area contributed by atoms with Crippen LogP contribution in [0.1, 0.15) is 26.5 Å². The van der Waals surface area contributed by atoms with Crippen LogP contribution in [0.4, 0.5) is 0 Å². The van der Waals surface area contributed by atoms with Gasteiger partial charge in [-0.3, -0.25) is 4.79 Å². The first-order valence-corrected chi connectivity index (χ1v) is 7.70. The zero-order valence-electron chi connectivity index (χ0n) is 14.2. The second kappa shape index (κ2) is 7.52. The number of nitrogens with one attached hydrogen (secondary N) is 1. The monoisotopic (exact) mass is 352 g/mol. The molecule has 0 fully saturated rings. The highest BCUT2D eigenvalue weighted by Crippen LogP contribution is 2.28. The smallest absolute Gasteiger partial charge is 0.337 e. The lowest BCUT2D eigenvalue weighted by Crippen LogP contribution is -2.16. The molecule has 0 radical (unpaired) electrons. The van der Waals surface area contributed by atoms with Crippen LogP contribution in [0.25, 0.3) is 11.0 Å². The third kappa shape index (κ3) is 3.56. The van der Waals surface area contributed by atoms with Crippen molar-refractivity contribution in [1.82, 2.24) is 5.43 Å². The summed E-state index contributed by atoms with van der Waals surface area (Å²) in [6, 6.07) is 13.6. The number of furan rings is 1. The van der Waals surface area contributed by atoms with Crippen molar-refractivity contribution in [2.75, 3.05) is 14.2 Å². The topological polar surface area (TPSA) is 90.1 Å². The number of hydrogen-bond acceptors (Lipinski definition) is 6. The Hall–Kier alpha value is -3.61. The lowest BCUT2D eigenvalue weighted by atomic mass is 10.1.